The number of allylic oxidation sites excluding steroid dienone is 4. The smallest absolute Gasteiger partial charge is 1.00 e. The maximum Gasteiger partial charge on any atom is 4.00 e. The van der Waals surface area contributed by atoms with E-state index in [0.717, 1.165) is 11.5 Å². The van der Waals surface area contributed by atoms with Gasteiger partial charge in [0.1, 0.15) is 0 Å². The summed E-state index contributed by atoms with van der Waals surface area (Å²) in [5, 5.41) is 1.74. The van der Waals surface area contributed by atoms with Gasteiger partial charge in [0, 0.05) is 9.52 Å². The van der Waals surface area contributed by atoms with E-state index in [2.05, 4.69) is 58.1 Å². The Morgan fingerprint density at radius 2 is 1.68 bits per heavy atom. The van der Waals surface area contributed by atoms with E-state index in [1.807, 2.05) is 5.92 Å². The Bertz CT molecular complexity index is 634. The number of halogens is 3. The quantitative estimate of drug-likeness (QED) is 0.218. The third-order valence-electron chi connectivity index (χ3n) is 6.05. The van der Waals surface area contributed by atoms with Crippen LogP contribution in [0, 0.1) is 32.6 Å². The number of hydrogen-bond acceptors (Lipinski definition) is 0. The van der Waals surface area contributed by atoms with Gasteiger partial charge < -0.3 is 37.2 Å². The molecule has 0 radical (unpaired) electrons. The van der Waals surface area contributed by atoms with Crippen LogP contribution < -0.4 is 42.4 Å². The summed E-state index contributed by atoms with van der Waals surface area (Å²) in [5.41, 5.74) is 7.15. The van der Waals surface area contributed by atoms with Gasteiger partial charge in [-0.15, -0.1) is 12.2 Å². The summed E-state index contributed by atoms with van der Waals surface area (Å²) in [7, 11) is -0.251. The SMILES string of the molecule is CCCCC[C-]1C2=CC=CCC2CC1[SiH2]c1c(C)cc(C)cc1C.[Cl-].[Cl-].[Cl-].[Ti+4]. The molecule has 0 N–H and O–H groups in total. The van der Waals surface area contributed by atoms with Crippen molar-refractivity contribution in [2.24, 2.45) is 5.92 Å². The zero-order valence-corrected chi connectivity index (χ0v) is 22.9. The van der Waals surface area contributed by atoms with E-state index >= 15 is 0 Å². The van der Waals surface area contributed by atoms with E-state index in [1.165, 1.54) is 44.1 Å². The van der Waals surface area contributed by atoms with E-state index in [4.69, 9.17) is 0 Å². The van der Waals surface area contributed by atoms with Crippen molar-refractivity contribution in [3.05, 3.63) is 58.5 Å². The fraction of sp³-hybridized carbons (Fsp3) is 0.522. The number of unbranched alkanes of at least 4 members (excludes halogenated alkanes) is 2. The molecule has 28 heavy (non-hydrogen) atoms. The van der Waals surface area contributed by atoms with Crippen LogP contribution in [0.1, 0.15) is 62.1 Å². The molecule has 154 valence electrons. The molecule has 2 aliphatic carbocycles. The van der Waals surface area contributed by atoms with Gasteiger partial charge >= 0.3 is 21.7 Å². The van der Waals surface area contributed by atoms with Crippen molar-refractivity contribution in [2.75, 3.05) is 0 Å². The van der Waals surface area contributed by atoms with Crippen LogP contribution in [-0.2, 0) is 21.7 Å². The molecule has 2 aliphatic rings. The van der Waals surface area contributed by atoms with Gasteiger partial charge in [0.05, 0.1) is 0 Å². The first-order valence-corrected chi connectivity index (χ1v) is 11.4. The van der Waals surface area contributed by atoms with Crippen LogP contribution >= 0.6 is 0 Å². The molecule has 1 saturated carbocycles. The monoisotopic (exact) mass is 490 g/mol. The third-order valence-corrected chi connectivity index (χ3v) is 8.89. The van der Waals surface area contributed by atoms with Gasteiger partial charge in [-0.05, 0) is 33.1 Å². The predicted molar refractivity (Wildman–Crippen MR) is 110 cm³/mol. The zero-order chi connectivity index (χ0) is 17.1. The van der Waals surface area contributed by atoms with Crippen LogP contribution in [0.3, 0.4) is 0 Å². The summed E-state index contributed by atoms with van der Waals surface area (Å²) in [4.78, 5) is 0. The fourth-order valence-corrected chi connectivity index (χ4v) is 7.49. The Morgan fingerprint density at radius 1 is 1.04 bits per heavy atom. The molecule has 0 heterocycles. The molecule has 5 heteroatoms. The Hall–Kier alpha value is 0.371. The number of aryl methyl sites for hydroxylation is 3. The Labute approximate surface area is 208 Å². The van der Waals surface area contributed by atoms with E-state index in [-0.39, 0.29) is 68.5 Å². The van der Waals surface area contributed by atoms with E-state index < -0.39 is 0 Å². The molecule has 0 bridgehead atoms. The molecule has 1 aromatic carbocycles. The second kappa shape index (κ2) is 14.4. The van der Waals surface area contributed by atoms with Crippen molar-refractivity contribution >= 4 is 14.7 Å². The second-order valence-corrected chi connectivity index (χ2v) is 10.1. The maximum atomic E-state index is 2.44. The van der Waals surface area contributed by atoms with Gasteiger partial charge in [-0.2, -0.15) is 0 Å². The summed E-state index contributed by atoms with van der Waals surface area (Å²) in [6.07, 6.45) is 15.3. The molecule has 0 nitrogen and oxygen atoms in total. The first kappa shape index (κ1) is 30.6. The molecular formula is C23H33Cl3SiTi. The Morgan fingerprint density at radius 3 is 2.29 bits per heavy atom. The average Bonchev–Trinajstić information content (AvgIpc) is 2.89. The van der Waals surface area contributed by atoms with Crippen LogP contribution in [-0.4, -0.2) is 9.52 Å². The summed E-state index contributed by atoms with van der Waals surface area (Å²) in [6.45, 7) is 9.22. The van der Waals surface area contributed by atoms with Gasteiger partial charge in [-0.25, -0.2) is 17.6 Å². The zero-order valence-electron chi connectivity index (χ0n) is 17.6. The molecule has 2 unspecified atom stereocenters. The van der Waals surface area contributed by atoms with Crippen molar-refractivity contribution in [1.29, 1.82) is 0 Å². The number of hydrogen-bond donors (Lipinski definition) is 0. The second-order valence-electron chi connectivity index (χ2n) is 7.98. The minimum Gasteiger partial charge on any atom is -1.00 e. The van der Waals surface area contributed by atoms with Crippen molar-refractivity contribution in [3.63, 3.8) is 0 Å². The van der Waals surface area contributed by atoms with Gasteiger partial charge in [-0.3, -0.25) is 0 Å². The van der Waals surface area contributed by atoms with E-state index in [9.17, 15) is 0 Å². The minimum atomic E-state index is -0.251. The predicted octanol–water partition coefficient (Wildman–Crippen LogP) is -3.74. The summed E-state index contributed by atoms with van der Waals surface area (Å²) in [5.74, 6) is 2.68. The number of benzene rings is 1. The molecule has 0 aliphatic heterocycles. The molecular weight excluding hydrogens is 459 g/mol. The molecule has 0 aromatic heterocycles. The molecule has 1 fully saturated rings. The fourth-order valence-electron chi connectivity index (χ4n) is 4.89. The first-order chi connectivity index (χ1) is 11.6. The largest absolute Gasteiger partial charge is 4.00 e. The molecule has 0 amide bonds. The van der Waals surface area contributed by atoms with Gasteiger partial charge in [0.25, 0.3) is 0 Å². The normalized spacial score (nSPS) is 19.9. The number of fused-ring (bicyclic) bond motifs is 1. The van der Waals surface area contributed by atoms with Crippen LogP contribution in [0.2, 0.25) is 5.54 Å². The molecule has 3 rings (SSSR count). The van der Waals surface area contributed by atoms with Crippen LogP contribution in [0.4, 0.5) is 0 Å². The van der Waals surface area contributed by atoms with Crippen LogP contribution in [0.25, 0.3) is 0 Å². The van der Waals surface area contributed by atoms with Crippen LogP contribution in [0.15, 0.2) is 35.9 Å². The average molecular weight is 492 g/mol. The topological polar surface area (TPSA) is 0 Å². The summed E-state index contributed by atoms with van der Waals surface area (Å²) < 4.78 is 0. The molecule has 2 atom stereocenters. The molecule has 0 spiro atoms. The van der Waals surface area contributed by atoms with E-state index in [1.54, 1.807) is 21.9 Å². The molecule has 0 saturated heterocycles. The summed E-state index contributed by atoms with van der Waals surface area (Å²) >= 11 is 0. The maximum absolute atomic E-state index is 2.44. The van der Waals surface area contributed by atoms with Gasteiger partial charge in [0.2, 0.25) is 0 Å². The van der Waals surface area contributed by atoms with Crippen molar-refractivity contribution in [3.8, 4) is 0 Å². The first-order valence-electron chi connectivity index (χ1n) is 9.89. The van der Waals surface area contributed by atoms with Crippen LogP contribution in [0.5, 0.6) is 0 Å². The number of rotatable bonds is 6. The minimum absolute atomic E-state index is 0. The summed E-state index contributed by atoms with van der Waals surface area (Å²) in [6, 6.07) is 4.80. The molecule has 1 aromatic rings. The van der Waals surface area contributed by atoms with E-state index in [0.29, 0.717) is 0 Å². The van der Waals surface area contributed by atoms with Crippen molar-refractivity contribution in [1.82, 2.24) is 0 Å². The third kappa shape index (κ3) is 7.25. The Kier molecular flexibility index (Phi) is 15.7. The standard InChI is InChI=1S/C23H33Si.3ClH.Ti/c1-5-6-7-12-21-20-11-9-8-10-19(20)15-22(21)24-23-17(3)13-16(2)14-18(23)4;;;;/h8-9,11,13-14,19,22H,5-7,10,12,15,24H2,1-4H3;3*1H;/q-1;;;;+4/p-3. The van der Waals surface area contributed by atoms with Gasteiger partial charge in [0.15, 0.2) is 0 Å². The van der Waals surface area contributed by atoms with Gasteiger partial charge in [-0.1, -0.05) is 78.6 Å². The van der Waals surface area contributed by atoms with Crippen molar-refractivity contribution < 1.29 is 58.9 Å². The Balaban J connectivity index is 0. The van der Waals surface area contributed by atoms with Crippen molar-refractivity contribution in [2.45, 2.75) is 71.8 Å².